The molecule has 1 saturated heterocycles. The fourth-order valence-corrected chi connectivity index (χ4v) is 2.09. The van der Waals surface area contributed by atoms with Crippen molar-refractivity contribution in [1.29, 1.82) is 0 Å². The molecule has 1 aromatic heterocycles. The van der Waals surface area contributed by atoms with Gasteiger partial charge in [-0.05, 0) is 19.3 Å². The van der Waals surface area contributed by atoms with E-state index in [4.69, 9.17) is 4.74 Å². The Balaban J connectivity index is 1.58. The van der Waals surface area contributed by atoms with Crippen molar-refractivity contribution in [2.45, 2.75) is 37.9 Å². The van der Waals surface area contributed by atoms with E-state index in [-0.39, 0.29) is 0 Å². The third kappa shape index (κ3) is 2.06. The molecule has 0 spiro atoms. The van der Waals surface area contributed by atoms with Crippen LogP contribution in [0.2, 0.25) is 0 Å². The quantitative estimate of drug-likeness (QED) is 0.803. The largest absolute Gasteiger partial charge is 0.380 e. The summed E-state index contributed by atoms with van der Waals surface area (Å²) in [7, 11) is 0. The summed E-state index contributed by atoms with van der Waals surface area (Å²) in [5, 5.41) is 3.52. The van der Waals surface area contributed by atoms with Gasteiger partial charge in [0, 0.05) is 31.4 Å². The molecule has 1 saturated carbocycles. The molecular weight excluding hydrogens is 190 g/mol. The standard InChI is InChI=1S/C11H17N3O/c1-2-10(1)14-8-12-5-11(14)6-13-9-3-4-15-7-9/h5,8-10,13H,1-4,6-7H2. The van der Waals surface area contributed by atoms with Crippen molar-refractivity contribution < 1.29 is 4.74 Å². The smallest absolute Gasteiger partial charge is 0.0951 e. The van der Waals surface area contributed by atoms with E-state index in [1.165, 1.54) is 18.5 Å². The number of hydrogen-bond acceptors (Lipinski definition) is 3. The molecule has 0 amide bonds. The molecule has 4 heteroatoms. The third-order valence-corrected chi connectivity index (χ3v) is 3.19. The summed E-state index contributed by atoms with van der Waals surface area (Å²) in [6.07, 6.45) is 7.70. The Morgan fingerprint density at radius 1 is 1.47 bits per heavy atom. The van der Waals surface area contributed by atoms with Crippen LogP contribution >= 0.6 is 0 Å². The molecule has 82 valence electrons. The summed E-state index contributed by atoms with van der Waals surface area (Å²) in [5.74, 6) is 0. The van der Waals surface area contributed by atoms with Gasteiger partial charge in [0.05, 0.1) is 18.6 Å². The molecule has 4 nitrogen and oxygen atoms in total. The van der Waals surface area contributed by atoms with E-state index in [9.17, 15) is 0 Å². The zero-order valence-electron chi connectivity index (χ0n) is 8.85. The fraction of sp³-hybridized carbons (Fsp3) is 0.727. The maximum atomic E-state index is 5.33. The molecule has 1 aliphatic carbocycles. The summed E-state index contributed by atoms with van der Waals surface area (Å²) in [5.41, 5.74) is 1.31. The third-order valence-electron chi connectivity index (χ3n) is 3.19. The van der Waals surface area contributed by atoms with Crippen LogP contribution in [-0.4, -0.2) is 28.8 Å². The second-order valence-corrected chi connectivity index (χ2v) is 4.46. The van der Waals surface area contributed by atoms with E-state index in [1.54, 1.807) is 0 Å². The Morgan fingerprint density at radius 3 is 3.13 bits per heavy atom. The lowest BCUT2D eigenvalue weighted by molar-refractivity contribution is 0.189. The van der Waals surface area contributed by atoms with Gasteiger partial charge < -0.3 is 14.6 Å². The van der Waals surface area contributed by atoms with Crippen LogP contribution in [0.3, 0.4) is 0 Å². The van der Waals surface area contributed by atoms with Crippen LogP contribution in [-0.2, 0) is 11.3 Å². The number of hydrogen-bond donors (Lipinski definition) is 1. The molecule has 1 aliphatic heterocycles. The zero-order valence-corrected chi connectivity index (χ0v) is 8.85. The number of nitrogens with zero attached hydrogens (tertiary/aromatic N) is 2. The van der Waals surface area contributed by atoms with Gasteiger partial charge in [-0.1, -0.05) is 0 Å². The molecule has 1 aromatic rings. The van der Waals surface area contributed by atoms with Gasteiger partial charge in [0.25, 0.3) is 0 Å². The van der Waals surface area contributed by atoms with Crippen molar-refractivity contribution in [2.24, 2.45) is 0 Å². The van der Waals surface area contributed by atoms with Gasteiger partial charge in [-0.2, -0.15) is 0 Å². The summed E-state index contributed by atoms with van der Waals surface area (Å²) < 4.78 is 7.64. The Morgan fingerprint density at radius 2 is 2.40 bits per heavy atom. The van der Waals surface area contributed by atoms with Crippen molar-refractivity contribution in [1.82, 2.24) is 14.9 Å². The van der Waals surface area contributed by atoms with Crippen LogP contribution in [0.1, 0.15) is 31.0 Å². The van der Waals surface area contributed by atoms with Crippen LogP contribution in [0.15, 0.2) is 12.5 Å². The van der Waals surface area contributed by atoms with Crippen molar-refractivity contribution >= 4 is 0 Å². The fourth-order valence-electron chi connectivity index (χ4n) is 2.09. The molecule has 0 aromatic carbocycles. The summed E-state index contributed by atoms with van der Waals surface area (Å²) in [6.45, 7) is 2.68. The maximum Gasteiger partial charge on any atom is 0.0951 e. The molecule has 0 radical (unpaired) electrons. The number of nitrogens with one attached hydrogen (secondary N) is 1. The Bertz CT molecular complexity index is 326. The van der Waals surface area contributed by atoms with Crippen LogP contribution in [0, 0.1) is 0 Å². The molecule has 1 unspecified atom stereocenters. The van der Waals surface area contributed by atoms with Gasteiger partial charge in [0.2, 0.25) is 0 Å². The van der Waals surface area contributed by atoms with Gasteiger partial charge in [-0.3, -0.25) is 0 Å². The molecular formula is C11H17N3O. The van der Waals surface area contributed by atoms with Crippen molar-refractivity contribution in [3.8, 4) is 0 Å². The van der Waals surface area contributed by atoms with E-state index in [1.807, 2.05) is 12.5 Å². The summed E-state index contributed by atoms with van der Waals surface area (Å²) in [6, 6.07) is 1.26. The molecule has 1 N–H and O–H groups in total. The monoisotopic (exact) mass is 207 g/mol. The van der Waals surface area contributed by atoms with Gasteiger partial charge >= 0.3 is 0 Å². The highest BCUT2D eigenvalue weighted by atomic mass is 16.5. The molecule has 1 atom stereocenters. The number of rotatable bonds is 4. The molecule has 15 heavy (non-hydrogen) atoms. The molecule has 0 bridgehead atoms. The van der Waals surface area contributed by atoms with Crippen LogP contribution in [0.25, 0.3) is 0 Å². The summed E-state index contributed by atoms with van der Waals surface area (Å²) >= 11 is 0. The second kappa shape index (κ2) is 3.94. The molecule has 3 rings (SSSR count). The maximum absolute atomic E-state index is 5.33. The normalized spacial score (nSPS) is 26.0. The highest BCUT2D eigenvalue weighted by molar-refractivity contribution is 5.03. The molecule has 2 heterocycles. The summed E-state index contributed by atoms with van der Waals surface area (Å²) in [4.78, 5) is 4.22. The van der Waals surface area contributed by atoms with Gasteiger partial charge in [-0.15, -0.1) is 0 Å². The van der Waals surface area contributed by atoms with Gasteiger partial charge in [0.1, 0.15) is 0 Å². The first-order chi connectivity index (χ1) is 7.43. The van der Waals surface area contributed by atoms with Crippen molar-refractivity contribution in [3.63, 3.8) is 0 Å². The Hall–Kier alpha value is -0.870. The average molecular weight is 207 g/mol. The predicted octanol–water partition coefficient (Wildman–Crippen LogP) is 1.10. The lowest BCUT2D eigenvalue weighted by Crippen LogP contribution is -2.29. The number of imidazole rings is 1. The lowest BCUT2D eigenvalue weighted by atomic mass is 10.2. The molecule has 2 aliphatic rings. The minimum Gasteiger partial charge on any atom is -0.380 e. The van der Waals surface area contributed by atoms with Crippen LogP contribution < -0.4 is 5.32 Å². The first-order valence-electron chi connectivity index (χ1n) is 5.75. The van der Waals surface area contributed by atoms with Crippen LogP contribution in [0.4, 0.5) is 0 Å². The first kappa shape index (κ1) is 9.36. The van der Waals surface area contributed by atoms with E-state index in [2.05, 4.69) is 14.9 Å². The van der Waals surface area contributed by atoms with Gasteiger partial charge in [-0.25, -0.2) is 4.98 Å². The van der Waals surface area contributed by atoms with Crippen molar-refractivity contribution in [2.75, 3.05) is 13.2 Å². The highest BCUT2D eigenvalue weighted by Crippen LogP contribution is 2.35. The lowest BCUT2D eigenvalue weighted by Gasteiger charge is -2.11. The Labute approximate surface area is 89.6 Å². The highest BCUT2D eigenvalue weighted by Gasteiger charge is 2.25. The van der Waals surface area contributed by atoms with Crippen LogP contribution in [0.5, 0.6) is 0 Å². The second-order valence-electron chi connectivity index (χ2n) is 4.46. The molecule has 2 fully saturated rings. The van der Waals surface area contributed by atoms with E-state index < -0.39 is 0 Å². The number of aromatic nitrogens is 2. The van der Waals surface area contributed by atoms with E-state index in [0.29, 0.717) is 6.04 Å². The predicted molar refractivity (Wildman–Crippen MR) is 56.6 cm³/mol. The first-order valence-corrected chi connectivity index (χ1v) is 5.75. The SMILES string of the molecule is c1ncn(C2CC2)c1CNC1CCOC1. The average Bonchev–Trinajstić information content (AvgIpc) is 2.81. The van der Waals surface area contributed by atoms with E-state index >= 15 is 0 Å². The minimum absolute atomic E-state index is 0.535. The number of ether oxygens (including phenoxy) is 1. The topological polar surface area (TPSA) is 39.1 Å². The van der Waals surface area contributed by atoms with Gasteiger partial charge in [0.15, 0.2) is 0 Å². The Kier molecular flexibility index (Phi) is 2.46. The van der Waals surface area contributed by atoms with Crippen molar-refractivity contribution in [3.05, 3.63) is 18.2 Å². The van der Waals surface area contributed by atoms with E-state index in [0.717, 1.165) is 32.2 Å². The zero-order chi connectivity index (χ0) is 10.1. The minimum atomic E-state index is 0.535.